The van der Waals surface area contributed by atoms with Crippen molar-refractivity contribution in [3.05, 3.63) is 58.6 Å². The van der Waals surface area contributed by atoms with Crippen LogP contribution in [0, 0.1) is 0 Å². The Bertz CT molecular complexity index is 1090. The first-order chi connectivity index (χ1) is 14.0. The normalized spacial score (nSPS) is 13.7. The second-order valence-electron chi connectivity index (χ2n) is 7.76. The van der Waals surface area contributed by atoms with Crippen LogP contribution in [0.3, 0.4) is 0 Å². The van der Waals surface area contributed by atoms with Crippen molar-refractivity contribution in [1.82, 2.24) is 0 Å². The van der Waals surface area contributed by atoms with Crippen molar-refractivity contribution >= 4 is 39.3 Å². The van der Waals surface area contributed by atoms with Crippen LogP contribution in [0.5, 0.6) is 0 Å². The number of rotatable bonds is 5. The minimum Gasteiger partial charge on any atom is -0.457 e. The lowest BCUT2D eigenvalue weighted by molar-refractivity contribution is -0.158. The SMILES string of the molecule is CC(C)(C)OC(=O)COC(=O)c1ccc(Cl)c(S(=O)(=O)N2CCc3ccccc32)c1. The van der Waals surface area contributed by atoms with Crippen LogP contribution in [-0.4, -0.2) is 39.1 Å². The molecule has 0 bridgehead atoms. The predicted molar refractivity (Wildman–Crippen MR) is 112 cm³/mol. The largest absolute Gasteiger partial charge is 0.457 e. The third-order valence-electron chi connectivity index (χ3n) is 4.32. The van der Waals surface area contributed by atoms with Gasteiger partial charge in [-0.05, 0) is 57.0 Å². The van der Waals surface area contributed by atoms with Gasteiger partial charge in [-0.2, -0.15) is 0 Å². The van der Waals surface area contributed by atoms with Gasteiger partial charge >= 0.3 is 11.9 Å². The van der Waals surface area contributed by atoms with Crippen molar-refractivity contribution < 1.29 is 27.5 Å². The van der Waals surface area contributed by atoms with Gasteiger partial charge in [0.25, 0.3) is 10.0 Å². The van der Waals surface area contributed by atoms with E-state index in [1.54, 1.807) is 32.9 Å². The summed E-state index contributed by atoms with van der Waals surface area (Å²) in [5.74, 6) is -1.55. The Morgan fingerprint density at radius 1 is 1.13 bits per heavy atom. The monoisotopic (exact) mass is 451 g/mol. The standard InChI is InChI=1S/C21H22ClNO6S/c1-21(2,3)29-19(24)13-28-20(25)15-8-9-16(22)18(12-15)30(26,27)23-11-10-14-6-4-5-7-17(14)23/h4-9,12H,10-11,13H2,1-3H3. The Hall–Kier alpha value is -2.58. The fourth-order valence-electron chi connectivity index (χ4n) is 3.08. The molecule has 0 amide bonds. The average molecular weight is 452 g/mol. The highest BCUT2D eigenvalue weighted by Crippen LogP contribution is 2.35. The van der Waals surface area contributed by atoms with E-state index in [0.29, 0.717) is 12.1 Å². The zero-order chi connectivity index (χ0) is 22.1. The number of carbonyl (C=O) groups is 2. The Balaban J connectivity index is 1.82. The number of halogens is 1. The summed E-state index contributed by atoms with van der Waals surface area (Å²) in [5, 5.41) is -0.0110. The molecule has 2 aromatic rings. The van der Waals surface area contributed by atoms with Gasteiger partial charge in [0, 0.05) is 6.54 Å². The van der Waals surface area contributed by atoms with Gasteiger partial charge in [0.15, 0.2) is 6.61 Å². The number of hydrogen-bond donors (Lipinski definition) is 0. The summed E-state index contributed by atoms with van der Waals surface area (Å²) < 4.78 is 37.8. The highest BCUT2D eigenvalue weighted by Gasteiger charge is 2.32. The molecule has 0 saturated heterocycles. The number of para-hydroxylation sites is 1. The molecule has 0 aromatic heterocycles. The second kappa shape index (κ2) is 8.28. The molecule has 0 fully saturated rings. The van der Waals surface area contributed by atoms with Crippen molar-refractivity contribution in [3.63, 3.8) is 0 Å². The molecule has 3 rings (SSSR count). The van der Waals surface area contributed by atoms with E-state index in [1.165, 1.54) is 16.4 Å². The van der Waals surface area contributed by atoms with Crippen LogP contribution in [-0.2, 0) is 30.7 Å². The van der Waals surface area contributed by atoms with Gasteiger partial charge in [-0.3, -0.25) is 4.31 Å². The van der Waals surface area contributed by atoms with Gasteiger partial charge in [0.1, 0.15) is 10.5 Å². The average Bonchev–Trinajstić information content (AvgIpc) is 3.10. The molecular formula is C21H22ClNO6S. The van der Waals surface area contributed by atoms with Gasteiger partial charge < -0.3 is 9.47 Å². The molecule has 7 nitrogen and oxygen atoms in total. The van der Waals surface area contributed by atoms with Gasteiger partial charge in [-0.1, -0.05) is 29.8 Å². The minimum atomic E-state index is -3.99. The number of fused-ring (bicyclic) bond motifs is 1. The maximum Gasteiger partial charge on any atom is 0.344 e. The Morgan fingerprint density at radius 2 is 1.83 bits per heavy atom. The Kier molecular flexibility index (Phi) is 6.10. The first kappa shape index (κ1) is 22.1. The lowest BCUT2D eigenvalue weighted by Gasteiger charge is -2.21. The summed E-state index contributed by atoms with van der Waals surface area (Å²) in [4.78, 5) is 23.9. The summed E-state index contributed by atoms with van der Waals surface area (Å²) in [6, 6.07) is 11.0. The van der Waals surface area contributed by atoms with Crippen LogP contribution in [0.2, 0.25) is 5.02 Å². The molecule has 160 valence electrons. The third kappa shape index (κ3) is 4.76. The highest BCUT2D eigenvalue weighted by atomic mass is 35.5. The van der Waals surface area contributed by atoms with Crippen LogP contribution in [0.4, 0.5) is 5.69 Å². The van der Waals surface area contributed by atoms with Crippen molar-refractivity contribution in [2.24, 2.45) is 0 Å². The molecule has 9 heteroatoms. The summed E-state index contributed by atoms with van der Waals surface area (Å²) in [7, 11) is -3.99. The summed E-state index contributed by atoms with van der Waals surface area (Å²) in [5.41, 5.74) is 0.766. The van der Waals surface area contributed by atoms with Crippen molar-refractivity contribution in [3.8, 4) is 0 Å². The molecule has 0 aliphatic carbocycles. The molecule has 30 heavy (non-hydrogen) atoms. The molecule has 0 unspecified atom stereocenters. The van der Waals surface area contributed by atoms with Crippen LogP contribution in [0.25, 0.3) is 0 Å². The molecular weight excluding hydrogens is 430 g/mol. The van der Waals surface area contributed by atoms with E-state index < -0.39 is 34.2 Å². The first-order valence-electron chi connectivity index (χ1n) is 9.28. The number of ether oxygens (including phenoxy) is 2. The molecule has 0 atom stereocenters. The molecule has 2 aromatic carbocycles. The number of benzene rings is 2. The topological polar surface area (TPSA) is 90.0 Å². The summed E-state index contributed by atoms with van der Waals surface area (Å²) >= 11 is 6.16. The lowest BCUT2D eigenvalue weighted by atomic mass is 10.2. The molecule has 1 aliphatic rings. The van der Waals surface area contributed by atoms with E-state index in [-0.39, 0.29) is 22.0 Å². The lowest BCUT2D eigenvalue weighted by Crippen LogP contribution is -2.29. The van der Waals surface area contributed by atoms with E-state index in [9.17, 15) is 18.0 Å². The fourth-order valence-corrected chi connectivity index (χ4v) is 5.09. The fraction of sp³-hybridized carbons (Fsp3) is 0.333. The molecule has 1 aliphatic heterocycles. The molecule has 0 spiro atoms. The molecule has 0 radical (unpaired) electrons. The zero-order valence-electron chi connectivity index (χ0n) is 16.8. The second-order valence-corrected chi connectivity index (χ2v) is 10.0. The van der Waals surface area contributed by atoms with E-state index in [2.05, 4.69) is 0 Å². The Morgan fingerprint density at radius 3 is 2.53 bits per heavy atom. The highest BCUT2D eigenvalue weighted by molar-refractivity contribution is 7.93. The number of nitrogens with zero attached hydrogens (tertiary/aromatic N) is 1. The maximum absolute atomic E-state index is 13.2. The molecule has 1 heterocycles. The van der Waals surface area contributed by atoms with E-state index in [4.69, 9.17) is 21.1 Å². The smallest absolute Gasteiger partial charge is 0.344 e. The van der Waals surface area contributed by atoms with Crippen molar-refractivity contribution in [2.75, 3.05) is 17.5 Å². The van der Waals surface area contributed by atoms with Crippen LogP contribution in [0.15, 0.2) is 47.4 Å². The third-order valence-corrected chi connectivity index (χ3v) is 6.62. The van der Waals surface area contributed by atoms with Crippen molar-refractivity contribution in [1.29, 1.82) is 0 Å². The van der Waals surface area contributed by atoms with Crippen LogP contribution in [0.1, 0.15) is 36.7 Å². The van der Waals surface area contributed by atoms with Crippen LogP contribution >= 0.6 is 11.6 Å². The van der Waals surface area contributed by atoms with E-state index in [0.717, 1.165) is 11.6 Å². The number of hydrogen-bond acceptors (Lipinski definition) is 6. The summed E-state index contributed by atoms with van der Waals surface area (Å²) in [6.45, 7) is 4.78. The number of carbonyl (C=O) groups excluding carboxylic acids is 2. The quantitative estimate of drug-likeness (QED) is 0.645. The molecule has 0 N–H and O–H groups in total. The predicted octanol–water partition coefficient (Wildman–Crippen LogP) is 3.59. The minimum absolute atomic E-state index is 0.0110. The van der Waals surface area contributed by atoms with Crippen molar-refractivity contribution in [2.45, 2.75) is 37.7 Å². The van der Waals surface area contributed by atoms with E-state index in [1.807, 2.05) is 12.1 Å². The van der Waals surface area contributed by atoms with Gasteiger partial charge in [0.05, 0.1) is 16.3 Å². The number of anilines is 1. The maximum atomic E-state index is 13.2. The summed E-state index contributed by atoms with van der Waals surface area (Å²) in [6.07, 6.45) is 0.588. The van der Waals surface area contributed by atoms with E-state index >= 15 is 0 Å². The van der Waals surface area contributed by atoms with Gasteiger partial charge in [-0.25, -0.2) is 18.0 Å². The van der Waals surface area contributed by atoms with Gasteiger partial charge in [-0.15, -0.1) is 0 Å². The number of sulfonamides is 1. The van der Waals surface area contributed by atoms with Gasteiger partial charge in [0.2, 0.25) is 0 Å². The van der Waals surface area contributed by atoms with Crippen LogP contribution < -0.4 is 4.31 Å². The number of esters is 2. The molecule has 0 saturated carbocycles. The Labute approximate surface area is 180 Å². The zero-order valence-corrected chi connectivity index (χ0v) is 18.4. The first-order valence-corrected chi connectivity index (χ1v) is 11.1.